The van der Waals surface area contributed by atoms with Gasteiger partial charge in [-0.2, -0.15) is 4.52 Å². The van der Waals surface area contributed by atoms with Crippen LogP contribution in [0.5, 0.6) is 5.75 Å². The summed E-state index contributed by atoms with van der Waals surface area (Å²) in [7, 11) is 1.50. The first-order valence-corrected chi connectivity index (χ1v) is 9.90. The molecule has 0 spiro atoms. The van der Waals surface area contributed by atoms with E-state index in [-0.39, 0.29) is 6.54 Å². The van der Waals surface area contributed by atoms with Gasteiger partial charge in [-0.15, -0.1) is 5.10 Å². The van der Waals surface area contributed by atoms with Gasteiger partial charge in [-0.3, -0.25) is 9.36 Å². The Morgan fingerprint density at radius 3 is 2.80 bits per heavy atom. The molecule has 0 saturated heterocycles. The van der Waals surface area contributed by atoms with E-state index < -0.39 is 11.6 Å². The van der Waals surface area contributed by atoms with Crippen LogP contribution in [0.3, 0.4) is 0 Å². The van der Waals surface area contributed by atoms with Gasteiger partial charge in [0.25, 0.3) is 0 Å². The number of anilines is 1. The molecule has 0 aliphatic heterocycles. The molecule has 30 heavy (non-hydrogen) atoms. The van der Waals surface area contributed by atoms with E-state index in [1.54, 1.807) is 24.3 Å². The number of para-hydroxylation sites is 1. The molecule has 0 fully saturated rings. The summed E-state index contributed by atoms with van der Waals surface area (Å²) in [4.78, 5) is 30.4. The van der Waals surface area contributed by atoms with Crippen LogP contribution in [0.1, 0.15) is 19.2 Å². The van der Waals surface area contributed by atoms with E-state index in [0.717, 1.165) is 11.8 Å². The molecular weight excluding hydrogens is 406 g/mol. The maximum Gasteiger partial charge on any atom is 0.351 e. The fraction of sp³-hybridized carbons (Fsp3) is 0.238. The number of aryl methyl sites for hydroxylation is 1. The van der Waals surface area contributed by atoms with Crippen molar-refractivity contribution in [1.29, 1.82) is 0 Å². The topological polar surface area (TPSA) is 90.5 Å². The lowest BCUT2D eigenvalue weighted by Crippen LogP contribution is -2.32. The number of halogens is 1. The number of nitrogens with zero attached hydrogens (tertiary/aromatic N) is 4. The van der Waals surface area contributed by atoms with Crippen LogP contribution in [0.2, 0.25) is 5.02 Å². The van der Waals surface area contributed by atoms with Crippen molar-refractivity contribution in [2.75, 3.05) is 12.4 Å². The third kappa shape index (κ3) is 3.61. The number of fused-ring (bicyclic) bond motifs is 3. The minimum absolute atomic E-state index is 0.200. The number of ether oxygens (including phenoxy) is 1. The van der Waals surface area contributed by atoms with Gasteiger partial charge in [-0.1, -0.05) is 30.7 Å². The fourth-order valence-electron chi connectivity index (χ4n) is 3.37. The number of rotatable bonds is 6. The van der Waals surface area contributed by atoms with Crippen LogP contribution in [0, 0.1) is 0 Å². The van der Waals surface area contributed by atoms with Crippen LogP contribution in [0.4, 0.5) is 5.69 Å². The number of amides is 1. The van der Waals surface area contributed by atoms with Gasteiger partial charge in [-0.25, -0.2) is 9.78 Å². The third-order valence-corrected chi connectivity index (χ3v) is 4.94. The second kappa shape index (κ2) is 8.16. The fourth-order valence-corrected chi connectivity index (χ4v) is 3.54. The standard InChI is InChI=1S/C21H20ClN5O3/c1-3-6-18-24-20-14-7-4-5-8-16(14)26(21(29)27(20)25-18)12-19(28)23-15-11-13(22)9-10-17(15)30-2/h4-5,7-11H,3,6,12H2,1-2H3,(H,23,28). The Morgan fingerprint density at radius 2 is 2.03 bits per heavy atom. The molecule has 2 heterocycles. The lowest BCUT2D eigenvalue weighted by atomic mass is 10.2. The van der Waals surface area contributed by atoms with Crippen LogP contribution < -0.4 is 15.7 Å². The molecule has 4 aromatic rings. The average Bonchev–Trinajstić information content (AvgIpc) is 3.16. The van der Waals surface area contributed by atoms with E-state index in [0.29, 0.717) is 39.9 Å². The van der Waals surface area contributed by atoms with Crippen LogP contribution in [-0.2, 0) is 17.8 Å². The minimum Gasteiger partial charge on any atom is -0.495 e. The zero-order valence-corrected chi connectivity index (χ0v) is 17.3. The lowest BCUT2D eigenvalue weighted by molar-refractivity contribution is -0.116. The Balaban J connectivity index is 1.76. The van der Waals surface area contributed by atoms with E-state index in [2.05, 4.69) is 15.4 Å². The van der Waals surface area contributed by atoms with Gasteiger partial charge in [0.1, 0.15) is 12.3 Å². The molecule has 0 bridgehead atoms. The summed E-state index contributed by atoms with van der Waals surface area (Å²) in [6.45, 7) is 1.82. The summed E-state index contributed by atoms with van der Waals surface area (Å²) in [6.07, 6.45) is 1.54. The molecule has 1 amide bonds. The molecule has 9 heteroatoms. The highest BCUT2D eigenvalue weighted by molar-refractivity contribution is 6.31. The number of hydrogen-bond acceptors (Lipinski definition) is 5. The quantitative estimate of drug-likeness (QED) is 0.512. The monoisotopic (exact) mass is 425 g/mol. The van der Waals surface area contributed by atoms with Gasteiger partial charge in [-0.05, 0) is 36.8 Å². The molecule has 0 saturated carbocycles. The molecule has 4 rings (SSSR count). The molecule has 2 aromatic heterocycles. The number of nitrogens with one attached hydrogen (secondary N) is 1. The highest BCUT2D eigenvalue weighted by Gasteiger charge is 2.17. The first-order chi connectivity index (χ1) is 14.5. The summed E-state index contributed by atoms with van der Waals surface area (Å²) < 4.78 is 7.92. The van der Waals surface area contributed by atoms with E-state index >= 15 is 0 Å². The van der Waals surface area contributed by atoms with Gasteiger partial charge in [0, 0.05) is 16.8 Å². The predicted molar refractivity (Wildman–Crippen MR) is 115 cm³/mol. The number of carbonyl (C=O) groups is 1. The van der Waals surface area contributed by atoms with E-state index in [4.69, 9.17) is 16.3 Å². The van der Waals surface area contributed by atoms with Gasteiger partial charge in [0.2, 0.25) is 5.91 Å². The van der Waals surface area contributed by atoms with Crippen LogP contribution in [-0.4, -0.2) is 32.2 Å². The maximum atomic E-state index is 13.1. The molecule has 8 nitrogen and oxygen atoms in total. The second-order valence-corrected chi connectivity index (χ2v) is 7.23. The summed E-state index contributed by atoms with van der Waals surface area (Å²) in [5, 5.41) is 8.32. The van der Waals surface area contributed by atoms with Gasteiger partial charge < -0.3 is 10.1 Å². The van der Waals surface area contributed by atoms with E-state index in [1.807, 2.05) is 25.1 Å². The van der Waals surface area contributed by atoms with Crippen molar-refractivity contribution in [3.63, 3.8) is 0 Å². The Bertz CT molecular complexity index is 1310. The third-order valence-electron chi connectivity index (χ3n) is 4.71. The van der Waals surface area contributed by atoms with Crippen LogP contribution in [0.15, 0.2) is 47.3 Å². The maximum absolute atomic E-state index is 13.1. The molecule has 0 unspecified atom stereocenters. The zero-order chi connectivity index (χ0) is 21.3. The van der Waals surface area contributed by atoms with Crippen molar-refractivity contribution in [2.24, 2.45) is 0 Å². The summed E-state index contributed by atoms with van der Waals surface area (Å²) in [6, 6.07) is 12.3. The highest BCUT2D eigenvalue weighted by Crippen LogP contribution is 2.27. The number of carbonyl (C=O) groups excluding carboxylic acids is 1. The molecular formula is C21H20ClN5O3. The average molecular weight is 426 g/mol. The van der Waals surface area contributed by atoms with Crippen molar-refractivity contribution in [3.05, 3.63) is 63.8 Å². The SMILES string of the molecule is CCCc1nc2c3ccccc3n(CC(=O)Nc3cc(Cl)ccc3OC)c(=O)n2n1. The molecule has 1 N–H and O–H groups in total. The van der Waals surface area contributed by atoms with Gasteiger partial charge in [0.05, 0.1) is 18.3 Å². The zero-order valence-electron chi connectivity index (χ0n) is 16.6. The van der Waals surface area contributed by atoms with Crippen LogP contribution >= 0.6 is 11.6 Å². The Labute approximate surface area is 177 Å². The second-order valence-electron chi connectivity index (χ2n) is 6.79. The Morgan fingerprint density at radius 1 is 1.23 bits per heavy atom. The molecule has 0 radical (unpaired) electrons. The normalized spacial score (nSPS) is 11.2. The largest absolute Gasteiger partial charge is 0.495 e. The van der Waals surface area contributed by atoms with Gasteiger partial charge in [0.15, 0.2) is 11.5 Å². The van der Waals surface area contributed by atoms with E-state index in [1.165, 1.54) is 16.2 Å². The van der Waals surface area contributed by atoms with Crippen molar-refractivity contribution in [2.45, 2.75) is 26.3 Å². The van der Waals surface area contributed by atoms with Gasteiger partial charge >= 0.3 is 5.69 Å². The number of hydrogen-bond donors (Lipinski definition) is 1. The van der Waals surface area contributed by atoms with Crippen LogP contribution in [0.25, 0.3) is 16.6 Å². The first kappa shape index (κ1) is 19.9. The first-order valence-electron chi connectivity index (χ1n) is 9.52. The van der Waals surface area contributed by atoms with Crippen molar-refractivity contribution >= 4 is 39.7 Å². The number of benzene rings is 2. The number of methoxy groups -OCH3 is 1. The Hall–Kier alpha value is -3.39. The van der Waals surface area contributed by atoms with Crippen molar-refractivity contribution in [1.82, 2.24) is 19.2 Å². The molecule has 2 aromatic carbocycles. The van der Waals surface area contributed by atoms with E-state index in [9.17, 15) is 9.59 Å². The van der Waals surface area contributed by atoms with Crippen molar-refractivity contribution < 1.29 is 9.53 Å². The molecule has 0 atom stereocenters. The lowest BCUT2D eigenvalue weighted by Gasteiger charge is -2.13. The number of aromatic nitrogens is 4. The summed E-state index contributed by atoms with van der Waals surface area (Å²) in [5.74, 6) is 0.683. The minimum atomic E-state index is -0.424. The predicted octanol–water partition coefficient (Wildman–Crippen LogP) is 3.30. The Kier molecular flexibility index (Phi) is 5.41. The summed E-state index contributed by atoms with van der Waals surface area (Å²) in [5.41, 5.74) is 1.11. The molecule has 0 aliphatic carbocycles. The smallest absolute Gasteiger partial charge is 0.351 e. The highest BCUT2D eigenvalue weighted by atomic mass is 35.5. The molecule has 154 valence electrons. The summed E-state index contributed by atoms with van der Waals surface area (Å²) >= 11 is 6.03. The molecule has 0 aliphatic rings. The van der Waals surface area contributed by atoms with Crippen molar-refractivity contribution in [3.8, 4) is 5.75 Å².